The summed E-state index contributed by atoms with van der Waals surface area (Å²) >= 11 is 0. The van der Waals surface area contributed by atoms with E-state index in [-0.39, 0.29) is 34.7 Å². The Morgan fingerprint density at radius 1 is 1.06 bits per heavy atom. The van der Waals surface area contributed by atoms with Crippen molar-refractivity contribution in [1.82, 2.24) is 0 Å². The van der Waals surface area contributed by atoms with Gasteiger partial charge in [-0.1, -0.05) is 82.5 Å². The maximum atomic E-state index is 13.8. The molecule has 0 N–H and O–H groups in total. The minimum Gasteiger partial charge on any atom is -0.462 e. The number of hydrogen-bond donors (Lipinski definition) is 0. The predicted molar refractivity (Wildman–Crippen MR) is 138 cm³/mol. The van der Waals surface area contributed by atoms with E-state index in [9.17, 15) is 4.79 Å². The predicted octanol–water partition coefficient (Wildman–Crippen LogP) is 6.83. The molecule has 3 aliphatic carbocycles. The van der Waals surface area contributed by atoms with Crippen LogP contribution in [0.3, 0.4) is 0 Å². The molecule has 0 spiro atoms. The minimum atomic E-state index is -0.553. The first-order valence-electron chi connectivity index (χ1n) is 13.9. The van der Waals surface area contributed by atoms with Crippen LogP contribution in [0.4, 0.5) is 0 Å². The number of hydrogen-bond acceptors (Lipinski definition) is 4. The maximum Gasteiger partial charge on any atom is 0.313 e. The van der Waals surface area contributed by atoms with Gasteiger partial charge in [0.15, 0.2) is 5.79 Å². The number of carbonyl (C=O) groups is 1. The standard InChI is InChI=1S/C31H44O4/c1-21-13-14-25(29(2,3)22-10-7-6-8-11-22)26(20-21)35-28(32)23-12-9-17-30(4)24(23)15-16-27(30)31(5)33-18-19-34-31/h6-8,10-11,15,21,23,25-27H,9,12-14,16-20H2,1-5H3/t21-,23-,25-,26-,27+,30+/m1/s1. The molecule has 4 aliphatic rings. The monoisotopic (exact) mass is 480 g/mol. The Labute approximate surface area is 211 Å². The molecule has 0 amide bonds. The van der Waals surface area contributed by atoms with Gasteiger partial charge in [-0.25, -0.2) is 0 Å². The van der Waals surface area contributed by atoms with Crippen LogP contribution < -0.4 is 0 Å². The zero-order valence-corrected chi connectivity index (χ0v) is 22.3. The third kappa shape index (κ3) is 4.39. The second-order valence-electron chi connectivity index (χ2n) is 12.6. The highest BCUT2D eigenvalue weighted by Gasteiger charge is 2.57. The fourth-order valence-electron chi connectivity index (χ4n) is 7.99. The van der Waals surface area contributed by atoms with Crippen molar-refractivity contribution in [1.29, 1.82) is 0 Å². The van der Waals surface area contributed by atoms with Gasteiger partial charge in [-0.3, -0.25) is 4.79 Å². The Balaban J connectivity index is 1.35. The van der Waals surface area contributed by atoms with Gasteiger partial charge in [0.1, 0.15) is 6.10 Å². The average molecular weight is 481 g/mol. The van der Waals surface area contributed by atoms with Gasteiger partial charge in [0, 0.05) is 11.8 Å². The zero-order chi connectivity index (χ0) is 24.8. The minimum absolute atomic E-state index is 0.00537. The fourth-order valence-corrected chi connectivity index (χ4v) is 7.99. The zero-order valence-electron chi connectivity index (χ0n) is 22.3. The van der Waals surface area contributed by atoms with Crippen molar-refractivity contribution >= 4 is 5.97 Å². The number of carbonyl (C=O) groups excluding carboxylic acids is 1. The molecule has 1 aliphatic heterocycles. The summed E-state index contributed by atoms with van der Waals surface area (Å²) in [7, 11) is 0. The number of esters is 1. The van der Waals surface area contributed by atoms with Crippen LogP contribution in [-0.4, -0.2) is 31.1 Å². The van der Waals surface area contributed by atoms with E-state index in [0.29, 0.717) is 25.0 Å². The molecule has 4 nitrogen and oxygen atoms in total. The Kier molecular flexibility index (Phi) is 6.68. The van der Waals surface area contributed by atoms with Crippen LogP contribution in [0, 0.1) is 29.1 Å². The first-order valence-corrected chi connectivity index (χ1v) is 13.9. The largest absolute Gasteiger partial charge is 0.462 e. The summed E-state index contributed by atoms with van der Waals surface area (Å²) in [5.74, 6) is 0.462. The molecule has 0 radical (unpaired) electrons. The summed E-state index contributed by atoms with van der Waals surface area (Å²) < 4.78 is 18.7. The second kappa shape index (κ2) is 9.34. The number of benzene rings is 1. The van der Waals surface area contributed by atoms with E-state index in [1.54, 1.807) is 0 Å². The van der Waals surface area contributed by atoms with Crippen molar-refractivity contribution in [2.45, 2.75) is 96.9 Å². The molecule has 2 saturated carbocycles. The molecule has 1 heterocycles. The summed E-state index contributed by atoms with van der Waals surface area (Å²) in [6.45, 7) is 12.7. The first kappa shape index (κ1) is 25.0. The molecule has 35 heavy (non-hydrogen) atoms. The van der Waals surface area contributed by atoms with Crippen LogP contribution in [0.2, 0.25) is 0 Å². The van der Waals surface area contributed by atoms with Gasteiger partial charge in [0.2, 0.25) is 0 Å². The quantitative estimate of drug-likeness (QED) is 0.342. The van der Waals surface area contributed by atoms with Crippen LogP contribution >= 0.6 is 0 Å². The van der Waals surface area contributed by atoms with E-state index in [1.165, 1.54) is 17.6 Å². The van der Waals surface area contributed by atoms with Gasteiger partial charge >= 0.3 is 5.97 Å². The summed E-state index contributed by atoms with van der Waals surface area (Å²) in [5, 5.41) is 0. The molecule has 0 bridgehead atoms. The molecule has 0 unspecified atom stereocenters. The van der Waals surface area contributed by atoms with E-state index < -0.39 is 5.79 Å². The Morgan fingerprint density at radius 3 is 2.49 bits per heavy atom. The Bertz CT molecular complexity index is 944. The molecule has 1 saturated heterocycles. The molecule has 4 heteroatoms. The third-order valence-electron chi connectivity index (χ3n) is 10.1. The highest BCUT2D eigenvalue weighted by Crippen LogP contribution is 2.59. The lowest BCUT2D eigenvalue weighted by molar-refractivity contribution is -0.203. The van der Waals surface area contributed by atoms with Crippen molar-refractivity contribution in [3.63, 3.8) is 0 Å². The van der Waals surface area contributed by atoms with Gasteiger partial charge in [-0.2, -0.15) is 0 Å². The molecule has 1 aromatic carbocycles. The van der Waals surface area contributed by atoms with Crippen LogP contribution in [0.5, 0.6) is 0 Å². The number of allylic oxidation sites excluding steroid dienone is 1. The van der Waals surface area contributed by atoms with Gasteiger partial charge in [-0.15, -0.1) is 0 Å². The molecular weight excluding hydrogens is 436 g/mol. The van der Waals surface area contributed by atoms with Crippen molar-refractivity contribution in [3.8, 4) is 0 Å². The van der Waals surface area contributed by atoms with Crippen molar-refractivity contribution in [3.05, 3.63) is 47.5 Å². The van der Waals surface area contributed by atoms with Gasteiger partial charge in [0.25, 0.3) is 0 Å². The lowest BCUT2D eigenvalue weighted by Gasteiger charge is -2.47. The average Bonchev–Trinajstić information content (AvgIpc) is 3.43. The number of fused-ring (bicyclic) bond motifs is 1. The molecule has 0 aromatic heterocycles. The molecule has 6 atom stereocenters. The lowest BCUT2D eigenvalue weighted by Crippen LogP contribution is -2.48. The summed E-state index contributed by atoms with van der Waals surface area (Å²) in [6, 6.07) is 10.8. The van der Waals surface area contributed by atoms with Crippen molar-refractivity contribution in [2.24, 2.45) is 29.1 Å². The van der Waals surface area contributed by atoms with E-state index >= 15 is 0 Å². The van der Waals surface area contributed by atoms with E-state index in [0.717, 1.165) is 38.5 Å². The van der Waals surface area contributed by atoms with Gasteiger partial charge < -0.3 is 14.2 Å². The topological polar surface area (TPSA) is 44.8 Å². The number of ether oxygens (including phenoxy) is 3. The van der Waals surface area contributed by atoms with E-state index in [4.69, 9.17) is 14.2 Å². The highest BCUT2D eigenvalue weighted by atomic mass is 16.7. The summed E-state index contributed by atoms with van der Waals surface area (Å²) in [4.78, 5) is 13.8. The maximum absolute atomic E-state index is 13.8. The SMILES string of the molecule is C[C@@H]1CC[C@@H](C(C)(C)c2ccccc2)[C@H](OC(=O)[C@@H]2CCC[C@@]3(C)C2=CC[C@@H]3C2(C)OCCO2)C1. The third-order valence-corrected chi connectivity index (χ3v) is 10.1. The van der Waals surface area contributed by atoms with Crippen molar-refractivity contribution in [2.75, 3.05) is 13.2 Å². The second-order valence-corrected chi connectivity index (χ2v) is 12.6. The first-order chi connectivity index (χ1) is 16.6. The van der Waals surface area contributed by atoms with Gasteiger partial charge in [0.05, 0.1) is 19.1 Å². The van der Waals surface area contributed by atoms with Crippen LogP contribution in [-0.2, 0) is 24.4 Å². The summed E-state index contributed by atoms with van der Waals surface area (Å²) in [5.41, 5.74) is 2.50. The van der Waals surface area contributed by atoms with Gasteiger partial charge in [-0.05, 0) is 61.3 Å². The molecule has 5 rings (SSSR count). The highest BCUT2D eigenvalue weighted by molar-refractivity contribution is 5.77. The van der Waals surface area contributed by atoms with Crippen LogP contribution in [0.25, 0.3) is 0 Å². The van der Waals surface area contributed by atoms with E-state index in [1.807, 2.05) is 0 Å². The normalized spacial score (nSPS) is 36.9. The Hall–Kier alpha value is -1.65. The molecular formula is C31H44O4. The molecule has 192 valence electrons. The fraction of sp³-hybridized carbons (Fsp3) is 0.710. The number of rotatable bonds is 5. The molecule has 3 fully saturated rings. The van der Waals surface area contributed by atoms with E-state index in [2.05, 4.69) is 71.0 Å². The Morgan fingerprint density at radius 2 is 1.77 bits per heavy atom. The lowest BCUT2D eigenvalue weighted by atomic mass is 9.62. The smallest absolute Gasteiger partial charge is 0.313 e. The summed E-state index contributed by atoms with van der Waals surface area (Å²) in [6.07, 6.45) is 9.46. The van der Waals surface area contributed by atoms with Crippen LogP contribution in [0.1, 0.15) is 85.1 Å². The molecule has 1 aromatic rings. The van der Waals surface area contributed by atoms with Crippen molar-refractivity contribution < 1.29 is 19.0 Å². The van der Waals surface area contributed by atoms with Crippen LogP contribution in [0.15, 0.2) is 42.0 Å².